The van der Waals surface area contributed by atoms with Crippen LogP contribution < -0.4 is 16.0 Å². The van der Waals surface area contributed by atoms with Crippen LogP contribution in [0.4, 0.5) is 4.39 Å². The summed E-state index contributed by atoms with van der Waals surface area (Å²) in [5, 5.41) is 3.99. The first-order valence-corrected chi connectivity index (χ1v) is 5.83. The molecule has 0 aliphatic heterocycles. The van der Waals surface area contributed by atoms with Gasteiger partial charge in [-0.15, -0.1) is 0 Å². The van der Waals surface area contributed by atoms with Crippen LogP contribution in [0.1, 0.15) is 5.56 Å². The molecule has 0 saturated heterocycles. The molecule has 0 spiro atoms. The lowest BCUT2D eigenvalue weighted by molar-refractivity contribution is 0.324. The quantitative estimate of drug-likeness (QED) is 0.865. The second-order valence-corrected chi connectivity index (χ2v) is 3.95. The van der Waals surface area contributed by atoms with Crippen LogP contribution in [-0.2, 0) is 6.54 Å². The van der Waals surface area contributed by atoms with Crippen LogP contribution in [0.25, 0.3) is 0 Å². The Labute approximate surface area is 109 Å². The van der Waals surface area contributed by atoms with Crippen LogP contribution in [-0.4, -0.2) is 22.9 Å². The molecule has 1 heterocycles. The lowest BCUT2D eigenvalue weighted by Gasteiger charge is -2.07. The predicted molar refractivity (Wildman–Crippen MR) is 68.5 cm³/mol. The Balaban J connectivity index is 2.13. The first-order valence-electron chi connectivity index (χ1n) is 5.83. The van der Waals surface area contributed by atoms with Gasteiger partial charge in [0.1, 0.15) is 18.2 Å². The van der Waals surface area contributed by atoms with E-state index in [9.17, 15) is 9.18 Å². The first kappa shape index (κ1) is 13.2. The third-order valence-corrected chi connectivity index (χ3v) is 2.48. The number of rotatable bonds is 5. The van der Waals surface area contributed by atoms with E-state index < -0.39 is 0 Å². The third kappa shape index (κ3) is 3.62. The fourth-order valence-corrected chi connectivity index (χ4v) is 1.55. The summed E-state index contributed by atoms with van der Waals surface area (Å²) in [5.74, 6) is 0.0837. The molecule has 0 saturated carbocycles. The third-order valence-electron chi connectivity index (χ3n) is 2.48. The van der Waals surface area contributed by atoms with Crippen LogP contribution in [0.15, 0.2) is 41.3 Å². The number of ether oxygens (including phenoxy) is 1. The standard InChI is InChI=1S/C13H14FN3O2/c14-11-3-1-10(2-4-11)9-17-13(18)7-12(8-16-17)19-6-5-15/h1-4,7-8H,5-6,9,15H2. The van der Waals surface area contributed by atoms with E-state index in [1.54, 1.807) is 12.1 Å². The molecule has 1 aromatic carbocycles. The molecule has 0 unspecified atom stereocenters. The monoisotopic (exact) mass is 263 g/mol. The molecule has 5 nitrogen and oxygen atoms in total. The summed E-state index contributed by atoms with van der Waals surface area (Å²) in [6.45, 7) is 0.998. The summed E-state index contributed by atoms with van der Waals surface area (Å²) >= 11 is 0. The average molecular weight is 263 g/mol. The number of hydrogen-bond acceptors (Lipinski definition) is 4. The summed E-state index contributed by atoms with van der Waals surface area (Å²) in [5.41, 5.74) is 5.82. The summed E-state index contributed by atoms with van der Waals surface area (Å²) in [7, 11) is 0. The van der Waals surface area contributed by atoms with Crippen LogP contribution in [0.5, 0.6) is 5.75 Å². The molecule has 6 heteroatoms. The lowest BCUT2D eigenvalue weighted by Crippen LogP contribution is -2.23. The van der Waals surface area contributed by atoms with Crippen molar-refractivity contribution >= 4 is 0 Å². The van der Waals surface area contributed by atoms with Gasteiger partial charge < -0.3 is 10.5 Å². The van der Waals surface area contributed by atoms with E-state index in [4.69, 9.17) is 10.5 Å². The maximum atomic E-state index is 12.8. The Hall–Kier alpha value is -2.21. The van der Waals surface area contributed by atoms with Gasteiger partial charge in [0.25, 0.3) is 5.56 Å². The first-order chi connectivity index (χ1) is 9.19. The Morgan fingerprint density at radius 1 is 1.32 bits per heavy atom. The molecule has 0 fully saturated rings. The van der Waals surface area contributed by atoms with Crippen LogP contribution in [0.3, 0.4) is 0 Å². The second-order valence-electron chi connectivity index (χ2n) is 3.95. The predicted octanol–water partition coefficient (Wildman–Crippen LogP) is 0.768. The van der Waals surface area contributed by atoms with Gasteiger partial charge in [-0.1, -0.05) is 12.1 Å². The van der Waals surface area contributed by atoms with Crippen molar-refractivity contribution in [1.82, 2.24) is 9.78 Å². The molecule has 2 aromatic rings. The molecule has 1 aromatic heterocycles. The molecule has 100 valence electrons. The maximum Gasteiger partial charge on any atom is 0.270 e. The minimum absolute atomic E-state index is 0.279. The Morgan fingerprint density at radius 2 is 2.05 bits per heavy atom. The van der Waals surface area contributed by atoms with E-state index in [1.807, 2.05) is 0 Å². The molecule has 0 aliphatic rings. The minimum Gasteiger partial charge on any atom is -0.490 e. The number of halogens is 1. The normalized spacial score (nSPS) is 10.4. The smallest absolute Gasteiger partial charge is 0.270 e. The van der Waals surface area contributed by atoms with Gasteiger partial charge in [0, 0.05) is 12.6 Å². The topological polar surface area (TPSA) is 70.1 Å². The lowest BCUT2D eigenvalue weighted by atomic mass is 10.2. The van der Waals surface area contributed by atoms with Gasteiger partial charge in [-0.2, -0.15) is 5.10 Å². The highest BCUT2D eigenvalue weighted by molar-refractivity contribution is 5.17. The second kappa shape index (κ2) is 6.10. The molecule has 0 atom stereocenters. The zero-order chi connectivity index (χ0) is 13.7. The van der Waals surface area contributed by atoms with Crippen molar-refractivity contribution in [3.05, 3.63) is 58.3 Å². The van der Waals surface area contributed by atoms with Crippen molar-refractivity contribution < 1.29 is 9.13 Å². The van der Waals surface area contributed by atoms with Crippen molar-refractivity contribution in [2.45, 2.75) is 6.54 Å². The molecule has 2 rings (SSSR count). The van der Waals surface area contributed by atoms with Crippen molar-refractivity contribution in [3.63, 3.8) is 0 Å². The van der Waals surface area contributed by atoms with Crippen LogP contribution in [0, 0.1) is 5.82 Å². The molecule has 0 bridgehead atoms. The van der Waals surface area contributed by atoms with Gasteiger partial charge in [-0.3, -0.25) is 4.79 Å². The molecule has 0 aliphatic carbocycles. The van der Waals surface area contributed by atoms with Crippen molar-refractivity contribution in [2.24, 2.45) is 5.73 Å². The van der Waals surface area contributed by atoms with E-state index in [0.717, 1.165) is 5.56 Å². The Bertz CT molecular complexity index is 596. The number of nitrogens with zero attached hydrogens (tertiary/aromatic N) is 2. The maximum absolute atomic E-state index is 12.8. The van der Waals surface area contributed by atoms with Gasteiger partial charge in [0.2, 0.25) is 0 Å². The number of benzene rings is 1. The van der Waals surface area contributed by atoms with E-state index in [0.29, 0.717) is 18.9 Å². The zero-order valence-corrected chi connectivity index (χ0v) is 10.3. The molecule has 0 amide bonds. The van der Waals surface area contributed by atoms with Gasteiger partial charge in [-0.25, -0.2) is 9.07 Å². The highest BCUT2D eigenvalue weighted by atomic mass is 19.1. The average Bonchev–Trinajstić information content (AvgIpc) is 2.41. The number of nitrogens with two attached hydrogens (primary N) is 1. The molecule has 2 N–H and O–H groups in total. The van der Waals surface area contributed by atoms with Crippen LogP contribution >= 0.6 is 0 Å². The van der Waals surface area contributed by atoms with E-state index in [-0.39, 0.29) is 17.9 Å². The highest BCUT2D eigenvalue weighted by Gasteiger charge is 2.02. The molecule has 19 heavy (non-hydrogen) atoms. The summed E-state index contributed by atoms with van der Waals surface area (Å²) in [6.07, 6.45) is 1.46. The van der Waals surface area contributed by atoms with Gasteiger partial charge in [0.15, 0.2) is 0 Å². The fraction of sp³-hybridized carbons (Fsp3) is 0.231. The fourth-order valence-electron chi connectivity index (χ4n) is 1.55. The Kier molecular flexibility index (Phi) is 4.25. The highest BCUT2D eigenvalue weighted by Crippen LogP contribution is 2.06. The van der Waals surface area contributed by atoms with E-state index >= 15 is 0 Å². The molecular weight excluding hydrogens is 249 g/mol. The summed E-state index contributed by atoms with van der Waals surface area (Å²) in [4.78, 5) is 11.8. The van der Waals surface area contributed by atoms with Gasteiger partial charge in [-0.05, 0) is 17.7 Å². The number of aromatic nitrogens is 2. The summed E-state index contributed by atoms with van der Waals surface area (Å²) < 4.78 is 19.3. The SMILES string of the molecule is NCCOc1cnn(Cc2ccc(F)cc2)c(=O)c1. The van der Waals surface area contributed by atoms with Gasteiger partial charge >= 0.3 is 0 Å². The van der Waals surface area contributed by atoms with Gasteiger partial charge in [0.05, 0.1) is 12.7 Å². The van der Waals surface area contributed by atoms with E-state index in [1.165, 1.54) is 29.1 Å². The van der Waals surface area contributed by atoms with Crippen molar-refractivity contribution in [3.8, 4) is 5.75 Å². The summed E-state index contributed by atoms with van der Waals surface area (Å²) in [6, 6.07) is 7.27. The van der Waals surface area contributed by atoms with Crippen molar-refractivity contribution in [2.75, 3.05) is 13.2 Å². The van der Waals surface area contributed by atoms with Crippen molar-refractivity contribution in [1.29, 1.82) is 0 Å². The molecular formula is C13H14FN3O2. The largest absolute Gasteiger partial charge is 0.490 e. The number of hydrogen-bond donors (Lipinski definition) is 1. The zero-order valence-electron chi connectivity index (χ0n) is 10.3. The van der Waals surface area contributed by atoms with E-state index in [2.05, 4.69) is 5.10 Å². The molecule has 0 radical (unpaired) electrons. The minimum atomic E-state index is -0.311. The van der Waals surface area contributed by atoms with Crippen LogP contribution in [0.2, 0.25) is 0 Å². The Morgan fingerprint density at radius 3 is 2.68 bits per heavy atom.